The minimum atomic E-state index is 0.462. The topological polar surface area (TPSA) is 44.5 Å². The quantitative estimate of drug-likeness (QED) is 0.808. The molecule has 0 saturated heterocycles. The molecule has 0 amide bonds. The Balaban J connectivity index is 2.09. The van der Waals surface area contributed by atoms with Crippen LogP contribution in [0.2, 0.25) is 0 Å². The first-order chi connectivity index (χ1) is 8.74. The van der Waals surface area contributed by atoms with Gasteiger partial charge in [0.25, 0.3) is 0 Å². The molecule has 0 aromatic heterocycles. The average Bonchev–Trinajstić information content (AvgIpc) is 3.20. The number of benzene rings is 1. The van der Waals surface area contributed by atoms with Crippen molar-refractivity contribution in [1.29, 1.82) is 0 Å². The molecule has 3 heteroatoms. The fourth-order valence-corrected chi connectivity index (χ4v) is 2.02. The molecule has 2 N–H and O–H groups in total. The van der Waals surface area contributed by atoms with Crippen molar-refractivity contribution in [1.82, 2.24) is 0 Å². The highest BCUT2D eigenvalue weighted by Gasteiger charge is 2.22. The zero-order valence-electron chi connectivity index (χ0n) is 11.3. The predicted octanol–water partition coefficient (Wildman–Crippen LogP) is 2.94. The van der Waals surface area contributed by atoms with Crippen molar-refractivity contribution < 1.29 is 9.47 Å². The van der Waals surface area contributed by atoms with E-state index in [9.17, 15) is 0 Å². The normalized spacial score (nSPS) is 16.4. The number of hydrogen-bond acceptors (Lipinski definition) is 3. The second kappa shape index (κ2) is 6.10. The van der Waals surface area contributed by atoms with Crippen LogP contribution in [0.5, 0.6) is 11.5 Å². The van der Waals surface area contributed by atoms with E-state index in [1.165, 1.54) is 18.4 Å². The van der Waals surface area contributed by atoms with Crippen molar-refractivity contribution in [2.24, 2.45) is 11.7 Å². The van der Waals surface area contributed by atoms with Crippen molar-refractivity contribution in [3.05, 3.63) is 23.8 Å². The van der Waals surface area contributed by atoms with Gasteiger partial charge in [-0.15, -0.1) is 0 Å². The fourth-order valence-electron chi connectivity index (χ4n) is 2.02. The Morgan fingerprint density at radius 3 is 2.72 bits per heavy atom. The molecule has 1 aliphatic rings. The molecule has 1 aliphatic carbocycles. The van der Waals surface area contributed by atoms with Crippen molar-refractivity contribution in [3.8, 4) is 11.5 Å². The van der Waals surface area contributed by atoms with Crippen LogP contribution in [0.15, 0.2) is 18.2 Å². The molecule has 1 atom stereocenters. The van der Waals surface area contributed by atoms with Crippen molar-refractivity contribution in [3.63, 3.8) is 0 Å². The Hall–Kier alpha value is -1.22. The van der Waals surface area contributed by atoms with E-state index in [0.29, 0.717) is 12.5 Å². The monoisotopic (exact) mass is 249 g/mol. The van der Waals surface area contributed by atoms with Crippen molar-refractivity contribution in [2.45, 2.75) is 32.1 Å². The largest absolute Gasteiger partial charge is 0.493 e. The molecule has 100 valence electrons. The van der Waals surface area contributed by atoms with Gasteiger partial charge in [0.15, 0.2) is 11.5 Å². The second-order valence-corrected chi connectivity index (χ2v) is 5.14. The van der Waals surface area contributed by atoms with Crippen molar-refractivity contribution >= 4 is 0 Å². The highest BCUT2D eigenvalue weighted by atomic mass is 16.5. The number of ether oxygens (including phenoxy) is 2. The van der Waals surface area contributed by atoms with E-state index >= 15 is 0 Å². The third kappa shape index (κ3) is 3.39. The highest BCUT2D eigenvalue weighted by molar-refractivity contribution is 5.43. The molecule has 0 radical (unpaired) electrons. The molecule has 18 heavy (non-hydrogen) atoms. The van der Waals surface area contributed by atoms with Gasteiger partial charge in [-0.1, -0.05) is 13.0 Å². The number of nitrogens with two attached hydrogens (primary N) is 1. The molecule has 2 rings (SSSR count). The average molecular weight is 249 g/mol. The van der Waals surface area contributed by atoms with Crippen LogP contribution in [-0.2, 0) is 0 Å². The van der Waals surface area contributed by atoms with Gasteiger partial charge in [0, 0.05) is 0 Å². The summed E-state index contributed by atoms with van der Waals surface area (Å²) in [5.41, 5.74) is 6.88. The molecule has 1 saturated carbocycles. The summed E-state index contributed by atoms with van der Waals surface area (Å²) in [6, 6.07) is 6.19. The van der Waals surface area contributed by atoms with E-state index < -0.39 is 0 Å². The zero-order chi connectivity index (χ0) is 13.0. The second-order valence-electron chi connectivity index (χ2n) is 5.14. The van der Waals surface area contributed by atoms with Crippen LogP contribution in [0.3, 0.4) is 0 Å². The number of hydrogen-bond donors (Lipinski definition) is 1. The van der Waals surface area contributed by atoms with Gasteiger partial charge in [-0.2, -0.15) is 0 Å². The molecule has 0 spiro atoms. The molecule has 1 aromatic rings. The standard InChI is InChI=1S/C15H23NO2/c1-11(7-8-16)13-5-6-14(17-2)15(9-13)18-10-12-3-4-12/h5-6,9,11-12H,3-4,7-8,10,16H2,1-2H3. The molecule has 1 unspecified atom stereocenters. The summed E-state index contributed by atoms with van der Waals surface area (Å²) >= 11 is 0. The predicted molar refractivity (Wildman–Crippen MR) is 73.3 cm³/mol. The minimum Gasteiger partial charge on any atom is -0.493 e. The van der Waals surface area contributed by atoms with Gasteiger partial charge < -0.3 is 15.2 Å². The van der Waals surface area contributed by atoms with Crippen LogP contribution >= 0.6 is 0 Å². The summed E-state index contributed by atoms with van der Waals surface area (Å²) in [7, 11) is 1.68. The maximum absolute atomic E-state index is 5.86. The van der Waals surface area contributed by atoms with Crippen molar-refractivity contribution in [2.75, 3.05) is 20.3 Å². The lowest BCUT2D eigenvalue weighted by Crippen LogP contribution is -2.06. The highest BCUT2D eigenvalue weighted by Crippen LogP contribution is 2.34. The van der Waals surface area contributed by atoms with Gasteiger partial charge >= 0.3 is 0 Å². The molecule has 0 aliphatic heterocycles. The smallest absolute Gasteiger partial charge is 0.161 e. The van der Waals surface area contributed by atoms with Gasteiger partial charge in [0.05, 0.1) is 13.7 Å². The van der Waals surface area contributed by atoms with E-state index in [2.05, 4.69) is 19.1 Å². The number of methoxy groups -OCH3 is 1. The molecular weight excluding hydrogens is 226 g/mol. The fraction of sp³-hybridized carbons (Fsp3) is 0.600. The first-order valence-corrected chi connectivity index (χ1v) is 6.75. The Kier molecular flexibility index (Phi) is 4.48. The molecule has 3 nitrogen and oxygen atoms in total. The van der Waals surface area contributed by atoms with Crippen LogP contribution < -0.4 is 15.2 Å². The minimum absolute atomic E-state index is 0.462. The van der Waals surface area contributed by atoms with E-state index in [-0.39, 0.29) is 0 Å². The molecule has 0 bridgehead atoms. The third-order valence-electron chi connectivity index (χ3n) is 3.53. The van der Waals surface area contributed by atoms with Gasteiger partial charge in [-0.05, 0) is 55.3 Å². The third-order valence-corrected chi connectivity index (χ3v) is 3.53. The zero-order valence-corrected chi connectivity index (χ0v) is 11.3. The van der Waals surface area contributed by atoms with Crippen LogP contribution in [0.1, 0.15) is 37.7 Å². The summed E-state index contributed by atoms with van der Waals surface area (Å²) in [5, 5.41) is 0. The van der Waals surface area contributed by atoms with Gasteiger partial charge in [0.1, 0.15) is 0 Å². The summed E-state index contributed by atoms with van der Waals surface area (Å²) in [6.45, 7) is 3.72. The maximum atomic E-state index is 5.86. The summed E-state index contributed by atoms with van der Waals surface area (Å²) in [5.74, 6) is 2.90. The lowest BCUT2D eigenvalue weighted by atomic mass is 9.97. The summed E-state index contributed by atoms with van der Waals surface area (Å²) < 4.78 is 11.2. The van der Waals surface area contributed by atoms with Crippen LogP contribution in [0, 0.1) is 5.92 Å². The van der Waals surface area contributed by atoms with E-state index in [1.807, 2.05) is 6.07 Å². The lowest BCUT2D eigenvalue weighted by molar-refractivity contribution is 0.280. The maximum Gasteiger partial charge on any atom is 0.161 e. The Labute approximate surface area is 109 Å². The lowest BCUT2D eigenvalue weighted by Gasteiger charge is -2.15. The molecule has 1 aromatic carbocycles. The van der Waals surface area contributed by atoms with E-state index in [0.717, 1.165) is 30.4 Å². The van der Waals surface area contributed by atoms with Crippen LogP contribution in [-0.4, -0.2) is 20.3 Å². The van der Waals surface area contributed by atoms with Gasteiger partial charge in [-0.3, -0.25) is 0 Å². The van der Waals surface area contributed by atoms with Crippen LogP contribution in [0.25, 0.3) is 0 Å². The SMILES string of the molecule is COc1ccc(C(C)CCN)cc1OCC1CC1. The Morgan fingerprint density at radius 1 is 1.33 bits per heavy atom. The molecular formula is C15H23NO2. The van der Waals surface area contributed by atoms with Gasteiger partial charge in [0.2, 0.25) is 0 Å². The molecule has 1 fully saturated rings. The first-order valence-electron chi connectivity index (χ1n) is 6.75. The summed E-state index contributed by atoms with van der Waals surface area (Å²) in [6.07, 6.45) is 3.59. The first kappa shape index (κ1) is 13.2. The Morgan fingerprint density at radius 2 is 2.11 bits per heavy atom. The van der Waals surface area contributed by atoms with Crippen LogP contribution in [0.4, 0.5) is 0 Å². The van der Waals surface area contributed by atoms with E-state index in [1.54, 1.807) is 7.11 Å². The van der Waals surface area contributed by atoms with E-state index in [4.69, 9.17) is 15.2 Å². The molecule has 0 heterocycles. The van der Waals surface area contributed by atoms with Gasteiger partial charge in [-0.25, -0.2) is 0 Å². The Bertz CT molecular complexity index is 388. The summed E-state index contributed by atoms with van der Waals surface area (Å²) in [4.78, 5) is 0. The number of rotatable bonds is 7.